The highest BCUT2D eigenvalue weighted by atomic mass is 32.1. The summed E-state index contributed by atoms with van der Waals surface area (Å²) in [5, 5.41) is 17.6. The number of nitrogens with one attached hydrogen (secondary N) is 1. The summed E-state index contributed by atoms with van der Waals surface area (Å²) in [7, 11) is 1.57. The van der Waals surface area contributed by atoms with Crippen molar-refractivity contribution in [2.45, 2.75) is 0 Å². The van der Waals surface area contributed by atoms with Crippen LogP contribution in [0, 0.1) is 0 Å². The molecule has 2 rings (SSSR count). The molecular formula is C10H10N4O2S. The van der Waals surface area contributed by atoms with E-state index < -0.39 is 0 Å². The Balaban J connectivity index is 2.52. The number of aromatic nitrogens is 1. The summed E-state index contributed by atoms with van der Waals surface area (Å²) >= 11 is 4.56. The molecule has 4 N–H and O–H groups in total. The van der Waals surface area contributed by atoms with E-state index >= 15 is 0 Å². The molecule has 0 amide bonds. The lowest BCUT2D eigenvalue weighted by Gasteiger charge is -1.97. The van der Waals surface area contributed by atoms with Crippen molar-refractivity contribution in [3.63, 3.8) is 0 Å². The van der Waals surface area contributed by atoms with Crippen molar-refractivity contribution >= 4 is 34.1 Å². The largest absolute Gasteiger partial charge is 0.504 e. The monoisotopic (exact) mass is 250 g/mol. The maximum atomic E-state index is 9.86. The lowest BCUT2D eigenvalue weighted by molar-refractivity contribution is 0.415. The van der Waals surface area contributed by atoms with Crippen LogP contribution in [0.3, 0.4) is 0 Å². The molecule has 0 aliphatic rings. The number of aromatic amines is 1. The van der Waals surface area contributed by atoms with Gasteiger partial charge in [-0.15, -0.1) is 10.2 Å². The standard InChI is InChI=1S/C10H10N4O2S/c1-16-5-2-3-6-7(4-5)12-9(8(6)15)13-14-10(11)17/h2-4,12,15H,1H3,(H2,11,17). The van der Waals surface area contributed by atoms with Crippen LogP contribution < -0.4 is 10.5 Å². The molecule has 0 fully saturated rings. The molecule has 1 aromatic heterocycles. The summed E-state index contributed by atoms with van der Waals surface area (Å²) in [6.07, 6.45) is 0. The van der Waals surface area contributed by atoms with Crippen LogP contribution in [0.2, 0.25) is 0 Å². The molecule has 0 saturated carbocycles. The van der Waals surface area contributed by atoms with E-state index in [1.165, 1.54) is 0 Å². The van der Waals surface area contributed by atoms with Crippen molar-refractivity contribution in [2.75, 3.05) is 7.11 Å². The fourth-order valence-corrected chi connectivity index (χ4v) is 1.49. The van der Waals surface area contributed by atoms with E-state index in [2.05, 4.69) is 27.4 Å². The number of hydrogen-bond acceptors (Lipinski definition) is 4. The van der Waals surface area contributed by atoms with Crippen LogP contribution in [0.1, 0.15) is 0 Å². The highest BCUT2D eigenvalue weighted by Gasteiger charge is 2.10. The van der Waals surface area contributed by atoms with Crippen molar-refractivity contribution < 1.29 is 9.84 Å². The number of rotatable bonds is 2. The predicted molar refractivity (Wildman–Crippen MR) is 67.8 cm³/mol. The average molecular weight is 250 g/mol. The topological polar surface area (TPSA) is 96.0 Å². The van der Waals surface area contributed by atoms with Gasteiger partial charge in [0, 0.05) is 11.5 Å². The van der Waals surface area contributed by atoms with Gasteiger partial charge in [-0.25, -0.2) is 0 Å². The molecule has 17 heavy (non-hydrogen) atoms. The highest BCUT2D eigenvalue weighted by Crippen LogP contribution is 2.36. The number of H-pyrrole nitrogens is 1. The lowest BCUT2D eigenvalue weighted by atomic mass is 10.2. The van der Waals surface area contributed by atoms with Gasteiger partial charge in [-0.05, 0) is 24.4 Å². The quantitative estimate of drug-likeness (QED) is 0.562. The van der Waals surface area contributed by atoms with Crippen molar-refractivity contribution in [3.8, 4) is 11.5 Å². The summed E-state index contributed by atoms with van der Waals surface area (Å²) < 4.78 is 5.07. The fraction of sp³-hybridized carbons (Fsp3) is 0.100. The number of thiocarbonyl (C=S) groups is 1. The number of aromatic hydroxyl groups is 1. The molecule has 6 nitrogen and oxygen atoms in total. The van der Waals surface area contributed by atoms with Gasteiger partial charge >= 0.3 is 0 Å². The Morgan fingerprint density at radius 2 is 2.29 bits per heavy atom. The van der Waals surface area contributed by atoms with Crippen molar-refractivity contribution in [3.05, 3.63) is 18.2 Å². The first-order valence-electron chi connectivity index (χ1n) is 4.71. The van der Waals surface area contributed by atoms with E-state index in [4.69, 9.17) is 10.5 Å². The molecule has 1 aromatic carbocycles. The molecule has 0 aliphatic heterocycles. The van der Waals surface area contributed by atoms with E-state index in [9.17, 15) is 5.11 Å². The molecule has 0 radical (unpaired) electrons. The molecular weight excluding hydrogens is 240 g/mol. The van der Waals surface area contributed by atoms with Gasteiger partial charge in [-0.1, -0.05) is 0 Å². The van der Waals surface area contributed by atoms with Crippen LogP contribution in [-0.4, -0.2) is 22.3 Å². The number of hydrogen-bond donors (Lipinski definition) is 3. The van der Waals surface area contributed by atoms with Gasteiger partial charge < -0.3 is 20.6 Å². The Bertz CT molecular complexity index is 606. The maximum absolute atomic E-state index is 9.86. The molecule has 88 valence electrons. The molecule has 0 atom stereocenters. The van der Waals surface area contributed by atoms with Crippen LogP contribution in [0.25, 0.3) is 10.9 Å². The highest BCUT2D eigenvalue weighted by molar-refractivity contribution is 7.80. The molecule has 0 bridgehead atoms. The molecule has 0 unspecified atom stereocenters. The smallest absolute Gasteiger partial charge is 0.211 e. The van der Waals surface area contributed by atoms with Gasteiger partial charge in [0.15, 0.2) is 11.6 Å². The number of ether oxygens (including phenoxy) is 1. The zero-order valence-electron chi connectivity index (χ0n) is 8.97. The van der Waals surface area contributed by atoms with Gasteiger partial charge in [0.2, 0.25) is 5.11 Å². The van der Waals surface area contributed by atoms with Crippen LogP contribution in [0.4, 0.5) is 5.82 Å². The Morgan fingerprint density at radius 1 is 1.53 bits per heavy atom. The number of fused-ring (bicyclic) bond motifs is 1. The first kappa shape index (κ1) is 11.3. The van der Waals surface area contributed by atoms with E-state index in [1.807, 2.05) is 0 Å². The molecule has 7 heteroatoms. The van der Waals surface area contributed by atoms with Crippen molar-refractivity contribution in [2.24, 2.45) is 16.0 Å². The zero-order chi connectivity index (χ0) is 12.4. The summed E-state index contributed by atoms with van der Waals surface area (Å²) in [4.78, 5) is 2.89. The molecule has 0 aliphatic carbocycles. The lowest BCUT2D eigenvalue weighted by Crippen LogP contribution is -2.01. The molecule has 0 spiro atoms. The van der Waals surface area contributed by atoms with Crippen LogP contribution in [-0.2, 0) is 0 Å². The molecule has 1 heterocycles. The zero-order valence-corrected chi connectivity index (χ0v) is 9.78. The minimum absolute atomic E-state index is 0.00246. The van der Waals surface area contributed by atoms with Crippen molar-refractivity contribution in [1.29, 1.82) is 0 Å². The van der Waals surface area contributed by atoms with Gasteiger partial charge in [-0.3, -0.25) is 0 Å². The Morgan fingerprint density at radius 3 is 2.94 bits per heavy atom. The summed E-state index contributed by atoms with van der Waals surface area (Å²) in [5.74, 6) is 0.889. The van der Waals surface area contributed by atoms with E-state index in [0.717, 1.165) is 0 Å². The minimum Gasteiger partial charge on any atom is -0.504 e. The Kier molecular flexibility index (Phi) is 2.92. The SMILES string of the molecule is COc1ccc2c(O)c(N=NC(N)=S)[nH]c2c1. The second-order valence-corrected chi connectivity index (χ2v) is 3.69. The maximum Gasteiger partial charge on any atom is 0.211 e. The first-order chi connectivity index (χ1) is 8.11. The third-order valence-electron chi connectivity index (χ3n) is 2.21. The van der Waals surface area contributed by atoms with Crippen molar-refractivity contribution in [1.82, 2.24) is 4.98 Å². The van der Waals surface area contributed by atoms with Gasteiger partial charge in [0.05, 0.1) is 12.6 Å². The normalized spacial score (nSPS) is 11.1. The van der Waals surface area contributed by atoms with E-state index in [0.29, 0.717) is 16.7 Å². The minimum atomic E-state index is -0.0966. The summed E-state index contributed by atoms with van der Waals surface area (Å²) in [5.41, 5.74) is 5.88. The first-order valence-corrected chi connectivity index (χ1v) is 5.12. The molecule has 2 aromatic rings. The number of nitrogens with zero attached hydrogens (tertiary/aromatic N) is 2. The summed E-state index contributed by atoms with van der Waals surface area (Å²) in [6.45, 7) is 0. The van der Waals surface area contributed by atoms with Gasteiger partial charge in [-0.2, -0.15) is 0 Å². The van der Waals surface area contributed by atoms with Crippen LogP contribution >= 0.6 is 12.2 Å². The molecule has 0 saturated heterocycles. The number of methoxy groups -OCH3 is 1. The Labute approximate surface area is 102 Å². The van der Waals surface area contributed by atoms with Gasteiger partial charge in [0.25, 0.3) is 0 Å². The second kappa shape index (κ2) is 4.38. The number of benzene rings is 1. The fourth-order valence-electron chi connectivity index (χ4n) is 1.45. The van der Waals surface area contributed by atoms with E-state index in [1.54, 1.807) is 25.3 Å². The Hall–Kier alpha value is -2.15. The third-order valence-corrected chi connectivity index (χ3v) is 2.29. The predicted octanol–water partition coefficient (Wildman–Crippen LogP) is 2.21. The summed E-state index contributed by atoms with van der Waals surface area (Å²) in [6, 6.07) is 5.21. The number of nitrogens with two attached hydrogens (primary N) is 1. The van der Waals surface area contributed by atoms with Crippen LogP contribution in [0.15, 0.2) is 28.4 Å². The number of azo groups is 1. The van der Waals surface area contributed by atoms with Gasteiger partial charge in [0.1, 0.15) is 5.75 Å². The third kappa shape index (κ3) is 2.18. The van der Waals surface area contributed by atoms with Crippen LogP contribution in [0.5, 0.6) is 11.5 Å². The second-order valence-electron chi connectivity index (χ2n) is 3.27. The average Bonchev–Trinajstić information content (AvgIpc) is 2.63. The van der Waals surface area contributed by atoms with E-state index in [-0.39, 0.29) is 16.7 Å².